The molecule has 1 fully saturated rings. The fraction of sp³-hybridized carbons (Fsp3) is 0.625. The molecular formula is C16H26N2O. The van der Waals surface area contributed by atoms with E-state index in [1.54, 1.807) is 0 Å². The second-order valence-electron chi connectivity index (χ2n) is 5.33. The molecule has 106 valence electrons. The molecule has 0 bridgehead atoms. The molecule has 0 radical (unpaired) electrons. The van der Waals surface area contributed by atoms with Crippen LogP contribution in [0.2, 0.25) is 0 Å². The lowest BCUT2D eigenvalue weighted by atomic mass is 10.0. The maximum Gasteiger partial charge on any atom is 0.0623 e. The Kier molecular flexibility index (Phi) is 5.67. The lowest BCUT2D eigenvalue weighted by molar-refractivity contribution is 0.183. The van der Waals surface area contributed by atoms with Crippen LogP contribution in [0.5, 0.6) is 0 Å². The van der Waals surface area contributed by atoms with E-state index < -0.39 is 0 Å². The van der Waals surface area contributed by atoms with Gasteiger partial charge >= 0.3 is 0 Å². The first-order valence-corrected chi connectivity index (χ1v) is 7.40. The van der Waals surface area contributed by atoms with Crippen LogP contribution in [0.4, 0.5) is 5.69 Å². The highest BCUT2D eigenvalue weighted by atomic mass is 16.5. The van der Waals surface area contributed by atoms with E-state index in [4.69, 9.17) is 4.74 Å². The van der Waals surface area contributed by atoms with E-state index in [1.165, 1.54) is 18.5 Å². The minimum absolute atomic E-state index is 0.493. The largest absolute Gasteiger partial charge is 0.379 e. The average molecular weight is 262 g/mol. The first-order chi connectivity index (χ1) is 9.35. The molecule has 2 rings (SSSR count). The van der Waals surface area contributed by atoms with Crippen molar-refractivity contribution in [3.05, 3.63) is 30.3 Å². The van der Waals surface area contributed by atoms with Gasteiger partial charge in [-0.25, -0.2) is 0 Å². The normalized spacial score (nSPS) is 22.6. The van der Waals surface area contributed by atoms with Crippen LogP contribution < -0.4 is 10.2 Å². The summed E-state index contributed by atoms with van der Waals surface area (Å²) in [5.74, 6) is 0.585. The second-order valence-corrected chi connectivity index (χ2v) is 5.33. The smallest absolute Gasteiger partial charge is 0.0623 e. The highest BCUT2D eigenvalue weighted by molar-refractivity contribution is 5.46. The maximum absolute atomic E-state index is 5.61. The summed E-state index contributed by atoms with van der Waals surface area (Å²) in [5.41, 5.74) is 1.33. The molecule has 1 aliphatic heterocycles. The number of hydrogen-bond acceptors (Lipinski definition) is 3. The van der Waals surface area contributed by atoms with Crippen molar-refractivity contribution in [2.45, 2.75) is 25.8 Å². The molecule has 0 saturated carbocycles. The summed E-state index contributed by atoms with van der Waals surface area (Å²) >= 11 is 0. The lowest BCUT2D eigenvalue weighted by Gasteiger charge is -2.29. The Balaban J connectivity index is 2.01. The molecule has 1 saturated heterocycles. The number of rotatable bonds is 7. The van der Waals surface area contributed by atoms with Crippen LogP contribution in [-0.4, -0.2) is 39.4 Å². The predicted octanol–water partition coefficient (Wildman–Crippen LogP) is 2.53. The minimum atomic E-state index is 0.493. The van der Waals surface area contributed by atoms with Crippen LogP contribution in [0, 0.1) is 5.92 Å². The van der Waals surface area contributed by atoms with Crippen molar-refractivity contribution in [2.24, 2.45) is 5.92 Å². The highest BCUT2D eigenvalue weighted by Gasteiger charge is 2.28. The molecule has 3 nitrogen and oxygen atoms in total. The van der Waals surface area contributed by atoms with Crippen molar-refractivity contribution in [1.82, 2.24) is 5.32 Å². The molecule has 19 heavy (non-hydrogen) atoms. The number of unbranched alkanes of at least 4 members (excludes halogenated alkanes) is 1. The van der Waals surface area contributed by atoms with E-state index in [9.17, 15) is 0 Å². The zero-order valence-electron chi connectivity index (χ0n) is 12.1. The molecule has 1 aromatic carbocycles. The number of para-hydroxylation sites is 1. The molecule has 1 heterocycles. The van der Waals surface area contributed by atoms with Crippen LogP contribution in [0.1, 0.15) is 19.8 Å². The number of hydrogen-bond donors (Lipinski definition) is 1. The van der Waals surface area contributed by atoms with Crippen molar-refractivity contribution in [3.63, 3.8) is 0 Å². The number of nitrogens with zero attached hydrogens (tertiary/aromatic N) is 1. The van der Waals surface area contributed by atoms with E-state index in [1.807, 2.05) is 7.05 Å². The van der Waals surface area contributed by atoms with Gasteiger partial charge < -0.3 is 15.0 Å². The van der Waals surface area contributed by atoms with Crippen LogP contribution in [0.3, 0.4) is 0 Å². The van der Waals surface area contributed by atoms with Gasteiger partial charge in [0.05, 0.1) is 13.2 Å². The Morgan fingerprint density at radius 2 is 2.05 bits per heavy atom. The molecule has 3 heteroatoms. The molecule has 1 aromatic rings. The fourth-order valence-corrected chi connectivity index (χ4v) is 2.69. The first-order valence-electron chi connectivity index (χ1n) is 7.40. The van der Waals surface area contributed by atoms with Gasteiger partial charge in [0.1, 0.15) is 0 Å². The van der Waals surface area contributed by atoms with E-state index in [0.717, 1.165) is 26.3 Å². The highest BCUT2D eigenvalue weighted by Crippen LogP contribution is 2.20. The number of benzene rings is 1. The maximum atomic E-state index is 5.61. The summed E-state index contributed by atoms with van der Waals surface area (Å²) in [6, 6.07) is 11.2. The Bertz CT molecular complexity index is 355. The molecule has 2 atom stereocenters. The van der Waals surface area contributed by atoms with Gasteiger partial charge in [0, 0.05) is 30.7 Å². The molecule has 0 spiro atoms. The third kappa shape index (κ3) is 3.95. The summed E-state index contributed by atoms with van der Waals surface area (Å²) in [7, 11) is 2.03. The van der Waals surface area contributed by atoms with Gasteiger partial charge in [0.15, 0.2) is 0 Å². The van der Waals surface area contributed by atoms with Crippen LogP contribution in [-0.2, 0) is 4.74 Å². The zero-order valence-corrected chi connectivity index (χ0v) is 12.1. The number of nitrogens with one attached hydrogen (secondary N) is 1. The van der Waals surface area contributed by atoms with Crippen molar-refractivity contribution in [1.29, 1.82) is 0 Å². The Morgan fingerprint density at radius 1 is 1.26 bits per heavy atom. The third-order valence-corrected chi connectivity index (χ3v) is 3.93. The Hall–Kier alpha value is -1.06. The number of likely N-dealkylation sites (N-methyl/N-ethyl adjacent to an activating group) is 1. The SMILES string of the molecule is CCCCN(CC1COCC1NC)c1ccccc1. The van der Waals surface area contributed by atoms with E-state index in [-0.39, 0.29) is 0 Å². The van der Waals surface area contributed by atoms with Crippen molar-refractivity contribution >= 4 is 5.69 Å². The molecule has 0 amide bonds. The van der Waals surface area contributed by atoms with Crippen LogP contribution in [0.15, 0.2) is 30.3 Å². The second kappa shape index (κ2) is 7.51. The summed E-state index contributed by atoms with van der Waals surface area (Å²) < 4.78 is 5.61. The summed E-state index contributed by atoms with van der Waals surface area (Å²) in [6.07, 6.45) is 2.48. The monoisotopic (exact) mass is 262 g/mol. The molecule has 0 aromatic heterocycles. The average Bonchev–Trinajstić information content (AvgIpc) is 2.91. The predicted molar refractivity (Wildman–Crippen MR) is 80.7 cm³/mol. The standard InChI is InChI=1S/C16H26N2O/c1-3-4-10-18(15-8-6-5-7-9-15)11-14-12-19-13-16(14)17-2/h5-9,14,16-17H,3-4,10-13H2,1-2H3. The van der Waals surface area contributed by atoms with E-state index in [0.29, 0.717) is 12.0 Å². The number of ether oxygens (including phenoxy) is 1. The molecule has 1 aliphatic rings. The Morgan fingerprint density at radius 3 is 2.74 bits per heavy atom. The van der Waals surface area contributed by atoms with Gasteiger partial charge in [-0.15, -0.1) is 0 Å². The topological polar surface area (TPSA) is 24.5 Å². The summed E-state index contributed by atoms with van der Waals surface area (Å²) in [5, 5.41) is 3.38. The van der Waals surface area contributed by atoms with Gasteiger partial charge in [0.25, 0.3) is 0 Å². The zero-order chi connectivity index (χ0) is 13.5. The van der Waals surface area contributed by atoms with E-state index >= 15 is 0 Å². The third-order valence-electron chi connectivity index (χ3n) is 3.93. The van der Waals surface area contributed by atoms with Gasteiger partial charge in [-0.3, -0.25) is 0 Å². The molecular weight excluding hydrogens is 236 g/mol. The number of anilines is 1. The van der Waals surface area contributed by atoms with Gasteiger partial charge in [-0.1, -0.05) is 31.5 Å². The van der Waals surface area contributed by atoms with Gasteiger partial charge in [-0.05, 0) is 25.6 Å². The van der Waals surface area contributed by atoms with Crippen molar-refractivity contribution in [3.8, 4) is 0 Å². The molecule has 0 aliphatic carbocycles. The quantitative estimate of drug-likeness (QED) is 0.817. The molecule has 1 N–H and O–H groups in total. The Labute approximate surface area is 116 Å². The minimum Gasteiger partial charge on any atom is -0.379 e. The fourth-order valence-electron chi connectivity index (χ4n) is 2.69. The van der Waals surface area contributed by atoms with Crippen LogP contribution >= 0.6 is 0 Å². The van der Waals surface area contributed by atoms with E-state index in [2.05, 4.69) is 47.5 Å². The van der Waals surface area contributed by atoms with Gasteiger partial charge in [0.2, 0.25) is 0 Å². The summed E-state index contributed by atoms with van der Waals surface area (Å²) in [4.78, 5) is 2.51. The van der Waals surface area contributed by atoms with Crippen molar-refractivity contribution < 1.29 is 4.74 Å². The first kappa shape index (κ1) is 14.4. The van der Waals surface area contributed by atoms with Gasteiger partial charge in [-0.2, -0.15) is 0 Å². The van der Waals surface area contributed by atoms with Crippen molar-refractivity contribution in [2.75, 3.05) is 38.3 Å². The summed E-state index contributed by atoms with van der Waals surface area (Å²) in [6.45, 7) is 6.18. The molecule has 2 unspecified atom stereocenters. The lowest BCUT2D eigenvalue weighted by Crippen LogP contribution is -2.40. The van der Waals surface area contributed by atoms with Crippen LogP contribution in [0.25, 0.3) is 0 Å².